The molecule has 0 unspecified atom stereocenters. The molecular weight excluding hydrogens is 206 g/mol. The summed E-state index contributed by atoms with van der Waals surface area (Å²) in [5, 5.41) is 11.6. The first-order chi connectivity index (χ1) is 7.24. The van der Waals surface area contributed by atoms with E-state index in [4.69, 9.17) is 5.73 Å². The lowest BCUT2D eigenvalue weighted by atomic mass is 10.0. The third-order valence-corrected chi connectivity index (χ3v) is 3.16. The van der Waals surface area contributed by atoms with Crippen molar-refractivity contribution in [3.63, 3.8) is 0 Å². The zero-order chi connectivity index (χ0) is 10.8. The fourth-order valence-electron chi connectivity index (χ4n) is 1.70. The first-order valence-electron chi connectivity index (χ1n) is 5.03. The molecule has 2 rings (SSSR count). The fraction of sp³-hybridized carbons (Fsp3) is 0.364. The monoisotopic (exact) mass is 221 g/mol. The van der Waals surface area contributed by atoms with Crippen molar-refractivity contribution in [1.29, 1.82) is 0 Å². The minimum absolute atomic E-state index is 0.434. The summed E-state index contributed by atoms with van der Waals surface area (Å²) < 4.78 is 0. The van der Waals surface area contributed by atoms with Crippen LogP contribution in [0.3, 0.4) is 0 Å². The van der Waals surface area contributed by atoms with Gasteiger partial charge in [-0.2, -0.15) is 16.4 Å². The number of nitrogens with zero attached hydrogens (tertiary/aromatic N) is 1. The molecule has 2 aromatic heterocycles. The molecule has 0 aliphatic rings. The molecular formula is C11H15N3S. The van der Waals surface area contributed by atoms with E-state index in [2.05, 4.69) is 40.9 Å². The predicted molar refractivity (Wildman–Crippen MR) is 63.9 cm³/mol. The Morgan fingerprint density at radius 1 is 1.53 bits per heavy atom. The van der Waals surface area contributed by atoms with E-state index >= 15 is 0 Å². The van der Waals surface area contributed by atoms with Gasteiger partial charge in [0.2, 0.25) is 0 Å². The Morgan fingerprint density at radius 3 is 2.87 bits per heavy atom. The molecule has 3 N–H and O–H groups in total. The SMILES string of the molecule is CC(C)c1[nH]nc(-c2ccsc2)c1CN. The number of nitrogens with one attached hydrogen (secondary N) is 1. The van der Waals surface area contributed by atoms with Gasteiger partial charge in [0, 0.05) is 28.7 Å². The van der Waals surface area contributed by atoms with E-state index in [1.54, 1.807) is 11.3 Å². The average Bonchev–Trinajstić information content (AvgIpc) is 2.85. The van der Waals surface area contributed by atoms with Gasteiger partial charge in [-0.05, 0) is 17.4 Å². The summed E-state index contributed by atoms with van der Waals surface area (Å²) in [6.07, 6.45) is 0. The van der Waals surface area contributed by atoms with E-state index in [0.717, 1.165) is 22.5 Å². The molecule has 0 aromatic carbocycles. The van der Waals surface area contributed by atoms with E-state index in [9.17, 15) is 0 Å². The maximum Gasteiger partial charge on any atom is 0.0976 e. The van der Waals surface area contributed by atoms with Gasteiger partial charge in [-0.15, -0.1) is 0 Å². The fourth-order valence-corrected chi connectivity index (χ4v) is 2.34. The molecule has 3 nitrogen and oxygen atoms in total. The van der Waals surface area contributed by atoms with Crippen LogP contribution in [0.1, 0.15) is 31.0 Å². The van der Waals surface area contributed by atoms with E-state index in [1.165, 1.54) is 0 Å². The van der Waals surface area contributed by atoms with Crippen LogP contribution in [-0.4, -0.2) is 10.2 Å². The molecule has 0 radical (unpaired) electrons. The molecule has 0 spiro atoms. The number of aromatic nitrogens is 2. The predicted octanol–water partition coefficient (Wildman–Crippen LogP) is 2.72. The summed E-state index contributed by atoms with van der Waals surface area (Å²) in [7, 11) is 0. The zero-order valence-electron chi connectivity index (χ0n) is 8.95. The third-order valence-electron chi connectivity index (χ3n) is 2.48. The Hall–Kier alpha value is -1.13. The van der Waals surface area contributed by atoms with Gasteiger partial charge in [-0.1, -0.05) is 13.8 Å². The minimum Gasteiger partial charge on any atom is -0.326 e. The average molecular weight is 221 g/mol. The van der Waals surface area contributed by atoms with Crippen LogP contribution in [-0.2, 0) is 6.54 Å². The van der Waals surface area contributed by atoms with Crippen molar-refractivity contribution in [2.45, 2.75) is 26.3 Å². The van der Waals surface area contributed by atoms with Gasteiger partial charge in [0.15, 0.2) is 0 Å². The van der Waals surface area contributed by atoms with Crippen LogP contribution in [0.5, 0.6) is 0 Å². The molecule has 15 heavy (non-hydrogen) atoms. The molecule has 80 valence electrons. The summed E-state index contributed by atoms with van der Waals surface area (Å²) in [4.78, 5) is 0. The van der Waals surface area contributed by atoms with Gasteiger partial charge < -0.3 is 5.73 Å². The molecule has 0 aliphatic carbocycles. The lowest BCUT2D eigenvalue weighted by Gasteiger charge is -2.04. The van der Waals surface area contributed by atoms with E-state index < -0.39 is 0 Å². The van der Waals surface area contributed by atoms with Crippen LogP contribution in [0.2, 0.25) is 0 Å². The number of H-pyrrole nitrogens is 1. The Balaban J connectivity index is 2.49. The van der Waals surface area contributed by atoms with Crippen molar-refractivity contribution in [1.82, 2.24) is 10.2 Å². The Bertz CT molecular complexity index is 429. The highest BCUT2D eigenvalue weighted by Crippen LogP contribution is 2.28. The normalized spacial score (nSPS) is 11.2. The van der Waals surface area contributed by atoms with Crippen LogP contribution in [0.15, 0.2) is 16.8 Å². The minimum atomic E-state index is 0.434. The van der Waals surface area contributed by atoms with Crippen LogP contribution in [0.25, 0.3) is 11.3 Å². The third kappa shape index (κ3) is 1.82. The summed E-state index contributed by atoms with van der Waals surface area (Å²) in [6, 6.07) is 2.07. The van der Waals surface area contributed by atoms with Crippen molar-refractivity contribution in [3.8, 4) is 11.3 Å². The van der Waals surface area contributed by atoms with E-state index in [0.29, 0.717) is 12.5 Å². The summed E-state index contributed by atoms with van der Waals surface area (Å²) in [5.74, 6) is 0.434. The number of hydrogen-bond acceptors (Lipinski definition) is 3. The van der Waals surface area contributed by atoms with Gasteiger partial charge in [0.05, 0.1) is 5.69 Å². The Morgan fingerprint density at radius 2 is 2.33 bits per heavy atom. The molecule has 0 bridgehead atoms. The highest BCUT2D eigenvalue weighted by Gasteiger charge is 2.15. The number of hydrogen-bond donors (Lipinski definition) is 2. The second kappa shape index (κ2) is 4.16. The lowest BCUT2D eigenvalue weighted by Crippen LogP contribution is -2.02. The lowest BCUT2D eigenvalue weighted by molar-refractivity contribution is 0.794. The van der Waals surface area contributed by atoms with Gasteiger partial charge in [0.1, 0.15) is 0 Å². The molecule has 0 amide bonds. The first kappa shape index (κ1) is 10.4. The zero-order valence-corrected chi connectivity index (χ0v) is 9.77. The standard InChI is InChI=1S/C11H15N3S/c1-7(2)10-9(5-12)11(14-13-10)8-3-4-15-6-8/h3-4,6-7H,5,12H2,1-2H3,(H,13,14). The molecule has 2 aromatic rings. The van der Waals surface area contributed by atoms with Gasteiger partial charge in [0.25, 0.3) is 0 Å². The summed E-state index contributed by atoms with van der Waals surface area (Å²) in [5.41, 5.74) is 10.2. The Labute approximate surface area is 93.3 Å². The summed E-state index contributed by atoms with van der Waals surface area (Å²) in [6.45, 7) is 4.82. The maximum absolute atomic E-state index is 5.78. The smallest absolute Gasteiger partial charge is 0.0976 e. The quantitative estimate of drug-likeness (QED) is 0.837. The molecule has 2 heterocycles. The number of thiophene rings is 1. The van der Waals surface area contributed by atoms with Gasteiger partial charge in [-0.3, -0.25) is 5.10 Å². The Kier molecular flexibility index (Phi) is 2.88. The second-order valence-electron chi connectivity index (χ2n) is 3.84. The van der Waals surface area contributed by atoms with Crippen LogP contribution in [0.4, 0.5) is 0 Å². The molecule has 0 fully saturated rings. The van der Waals surface area contributed by atoms with Crippen LogP contribution < -0.4 is 5.73 Å². The van der Waals surface area contributed by atoms with Gasteiger partial charge >= 0.3 is 0 Å². The van der Waals surface area contributed by atoms with Crippen molar-refractivity contribution < 1.29 is 0 Å². The molecule has 0 saturated heterocycles. The van der Waals surface area contributed by atoms with E-state index in [1.807, 2.05) is 0 Å². The highest BCUT2D eigenvalue weighted by atomic mass is 32.1. The number of rotatable bonds is 3. The molecule has 0 saturated carbocycles. The highest BCUT2D eigenvalue weighted by molar-refractivity contribution is 7.08. The van der Waals surface area contributed by atoms with Crippen molar-refractivity contribution in [2.24, 2.45) is 5.73 Å². The van der Waals surface area contributed by atoms with E-state index in [-0.39, 0.29) is 0 Å². The molecule has 4 heteroatoms. The topological polar surface area (TPSA) is 54.7 Å². The summed E-state index contributed by atoms with van der Waals surface area (Å²) >= 11 is 1.68. The van der Waals surface area contributed by atoms with Gasteiger partial charge in [-0.25, -0.2) is 0 Å². The molecule has 0 atom stereocenters. The first-order valence-corrected chi connectivity index (χ1v) is 5.98. The number of aromatic amines is 1. The largest absolute Gasteiger partial charge is 0.326 e. The second-order valence-corrected chi connectivity index (χ2v) is 4.62. The van der Waals surface area contributed by atoms with Crippen LogP contribution in [0, 0.1) is 0 Å². The maximum atomic E-state index is 5.78. The number of nitrogens with two attached hydrogens (primary N) is 1. The van der Waals surface area contributed by atoms with Crippen molar-refractivity contribution in [2.75, 3.05) is 0 Å². The van der Waals surface area contributed by atoms with Crippen molar-refractivity contribution >= 4 is 11.3 Å². The van der Waals surface area contributed by atoms with Crippen LogP contribution >= 0.6 is 11.3 Å². The molecule has 0 aliphatic heterocycles. The van der Waals surface area contributed by atoms with Crippen molar-refractivity contribution in [3.05, 3.63) is 28.1 Å².